The zero-order chi connectivity index (χ0) is 13.0. The lowest BCUT2D eigenvalue weighted by atomic mass is 10.0. The number of halogens is 1. The van der Waals surface area contributed by atoms with Gasteiger partial charge in [-0.3, -0.25) is 4.79 Å². The molecule has 1 aromatic carbocycles. The van der Waals surface area contributed by atoms with Gasteiger partial charge in [0.1, 0.15) is 0 Å². The van der Waals surface area contributed by atoms with Crippen LogP contribution >= 0.6 is 15.9 Å². The van der Waals surface area contributed by atoms with Crippen LogP contribution in [0.15, 0.2) is 22.7 Å². The molecule has 0 radical (unpaired) electrons. The zero-order valence-electron chi connectivity index (χ0n) is 10.5. The van der Waals surface area contributed by atoms with Crippen molar-refractivity contribution in [3.8, 4) is 0 Å². The number of nitrogens with one attached hydrogen (secondary N) is 1. The summed E-state index contributed by atoms with van der Waals surface area (Å²) >= 11 is 3.41. The molecule has 17 heavy (non-hydrogen) atoms. The van der Waals surface area contributed by atoms with Crippen LogP contribution in [0.2, 0.25) is 0 Å². The van der Waals surface area contributed by atoms with Gasteiger partial charge in [-0.05, 0) is 37.1 Å². The van der Waals surface area contributed by atoms with E-state index in [0.717, 1.165) is 15.6 Å². The number of rotatable bonds is 4. The molecule has 0 aliphatic carbocycles. The Balaban J connectivity index is 2.59. The van der Waals surface area contributed by atoms with Gasteiger partial charge in [-0.25, -0.2) is 0 Å². The van der Waals surface area contributed by atoms with Gasteiger partial charge < -0.3 is 11.1 Å². The van der Waals surface area contributed by atoms with Gasteiger partial charge in [0.2, 0.25) is 5.91 Å². The highest BCUT2D eigenvalue weighted by atomic mass is 79.9. The van der Waals surface area contributed by atoms with Crippen molar-refractivity contribution < 1.29 is 4.79 Å². The normalized spacial score (nSPS) is 14.2. The van der Waals surface area contributed by atoms with Gasteiger partial charge in [-0.2, -0.15) is 0 Å². The van der Waals surface area contributed by atoms with E-state index in [9.17, 15) is 4.79 Å². The Hall–Kier alpha value is -0.870. The summed E-state index contributed by atoms with van der Waals surface area (Å²) in [6.07, 6.45) is 0. The fraction of sp³-hybridized carbons (Fsp3) is 0.462. The molecule has 0 aromatic heterocycles. The topological polar surface area (TPSA) is 55.1 Å². The lowest BCUT2D eigenvalue weighted by Gasteiger charge is -2.16. The minimum absolute atomic E-state index is 0.00215. The summed E-state index contributed by atoms with van der Waals surface area (Å²) in [6, 6.07) is 5.90. The summed E-state index contributed by atoms with van der Waals surface area (Å²) < 4.78 is 1.05. The Morgan fingerprint density at radius 1 is 1.47 bits per heavy atom. The first kappa shape index (κ1) is 14.2. The van der Waals surface area contributed by atoms with Crippen molar-refractivity contribution in [3.05, 3.63) is 33.8 Å². The van der Waals surface area contributed by atoms with Gasteiger partial charge in [-0.1, -0.05) is 28.9 Å². The summed E-state index contributed by atoms with van der Waals surface area (Å²) in [5, 5.41) is 2.91. The molecule has 0 fully saturated rings. The highest BCUT2D eigenvalue weighted by Crippen LogP contribution is 2.15. The molecule has 1 rings (SSSR count). The van der Waals surface area contributed by atoms with Crippen LogP contribution in [-0.2, 0) is 11.3 Å². The largest absolute Gasteiger partial charge is 0.352 e. The van der Waals surface area contributed by atoms with Gasteiger partial charge in [0.25, 0.3) is 0 Å². The van der Waals surface area contributed by atoms with Crippen LogP contribution in [0.3, 0.4) is 0 Å². The summed E-state index contributed by atoms with van der Waals surface area (Å²) in [7, 11) is 0. The summed E-state index contributed by atoms with van der Waals surface area (Å²) in [5.74, 6) is -0.159. The first-order valence-electron chi connectivity index (χ1n) is 5.70. The second-order valence-corrected chi connectivity index (χ2v) is 5.35. The summed E-state index contributed by atoms with van der Waals surface area (Å²) in [6.45, 7) is 6.26. The molecule has 0 bridgehead atoms. The van der Waals surface area contributed by atoms with Crippen LogP contribution in [0.4, 0.5) is 0 Å². The molecule has 0 saturated heterocycles. The summed E-state index contributed by atoms with van der Waals surface area (Å²) in [4.78, 5) is 11.7. The summed E-state index contributed by atoms with van der Waals surface area (Å²) in [5.41, 5.74) is 7.97. The molecule has 0 aliphatic heterocycles. The molecule has 94 valence electrons. The maximum absolute atomic E-state index is 11.7. The van der Waals surface area contributed by atoms with Crippen molar-refractivity contribution in [2.75, 3.05) is 0 Å². The van der Waals surface area contributed by atoms with Crippen LogP contribution in [0, 0.1) is 12.8 Å². The van der Waals surface area contributed by atoms with E-state index < -0.39 is 0 Å². The van der Waals surface area contributed by atoms with E-state index in [0.29, 0.717) is 6.54 Å². The van der Waals surface area contributed by atoms with Gasteiger partial charge in [-0.15, -0.1) is 0 Å². The SMILES string of the molecule is Cc1cc(Br)ccc1CNC(=O)C(C)C(C)N. The van der Waals surface area contributed by atoms with Crippen molar-refractivity contribution in [2.45, 2.75) is 33.4 Å². The lowest BCUT2D eigenvalue weighted by molar-refractivity contribution is -0.125. The molecular formula is C13H19BrN2O. The third-order valence-electron chi connectivity index (χ3n) is 2.96. The van der Waals surface area contributed by atoms with E-state index >= 15 is 0 Å². The molecule has 0 heterocycles. The third-order valence-corrected chi connectivity index (χ3v) is 3.45. The minimum atomic E-state index is -0.161. The maximum atomic E-state index is 11.7. The zero-order valence-corrected chi connectivity index (χ0v) is 12.0. The Morgan fingerprint density at radius 2 is 2.12 bits per heavy atom. The van der Waals surface area contributed by atoms with Crippen molar-refractivity contribution in [1.82, 2.24) is 5.32 Å². The average molecular weight is 299 g/mol. The lowest BCUT2D eigenvalue weighted by Crippen LogP contribution is -2.38. The monoisotopic (exact) mass is 298 g/mol. The highest BCUT2D eigenvalue weighted by molar-refractivity contribution is 9.10. The third kappa shape index (κ3) is 4.13. The Labute approximate surface area is 111 Å². The van der Waals surface area contributed by atoms with E-state index in [1.54, 1.807) is 0 Å². The Morgan fingerprint density at radius 3 is 2.65 bits per heavy atom. The average Bonchev–Trinajstić information content (AvgIpc) is 2.26. The maximum Gasteiger partial charge on any atom is 0.224 e. The van der Waals surface area contributed by atoms with Crippen LogP contribution in [0.5, 0.6) is 0 Å². The smallest absolute Gasteiger partial charge is 0.224 e. The highest BCUT2D eigenvalue weighted by Gasteiger charge is 2.16. The molecule has 2 unspecified atom stereocenters. The van der Waals surface area contributed by atoms with Crippen LogP contribution in [-0.4, -0.2) is 11.9 Å². The van der Waals surface area contributed by atoms with Gasteiger partial charge in [0.15, 0.2) is 0 Å². The van der Waals surface area contributed by atoms with E-state index in [2.05, 4.69) is 21.2 Å². The van der Waals surface area contributed by atoms with E-state index in [1.807, 2.05) is 39.0 Å². The van der Waals surface area contributed by atoms with Crippen molar-refractivity contribution in [2.24, 2.45) is 11.7 Å². The number of benzene rings is 1. The molecule has 0 spiro atoms. The predicted octanol–water partition coefficient (Wildman–Crippen LogP) is 2.36. The number of amides is 1. The van der Waals surface area contributed by atoms with Crippen LogP contribution in [0.1, 0.15) is 25.0 Å². The van der Waals surface area contributed by atoms with Crippen molar-refractivity contribution >= 4 is 21.8 Å². The minimum Gasteiger partial charge on any atom is -0.352 e. The number of nitrogens with two attached hydrogens (primary N) is 1. The van der Waals surface area contributed by atoms with Crippen molar-refractivity contribution in [1.29, 1.82) is 0 Å². The molecule has 1 aromatic rings. The van der Waals surface area contributed by atoms with Gasteiger partial charge in [0, 0.05) is 23.0 Å². The first-order chi connectivity index (χ1) is 7.91. The number of carbonyl (C=O) groups is 1. The number of carbonyl (C=O) groups excluding carboxylic acids is 1. The second kappa shape index (κ2) is 6.17. The Bertz CT molecular complexity index is 404. The molecule has 3 nitrogen and oxygen atoms in total. The van der Waals surface area contributed by atoms with E-state index in [-0.39, 0.29) is 17.9 Å². The quantitative estimate of drug-likeness (QED) is 0.896. The molecule has 2 atom stereocenters. The van der Waals surface area contributed by atoms with Gasteiger partial charge in [0.05, 0.1) is 0 Å². The number of hydrogen-bond acceptors (Lipinski definition) is 2. The molecule has 3 N–H and O–H groups in total. The predicted molar refractivity (Wildman–Crippen MR) is 73.5 cm³/mol. The molecular weight excluding hydrogens is 280 g/mol. The molecule has 0 saturated carbocycles. The molecule has 1 amide bonds. The molecule has 4 heteroatoms. The van der Waals surface area contributed by atoms with E-state index in [4.69, 9.17) is 5.73 Å². The number of aryl methyl sites for hydroxylation is 1. The fourth-order valence-corrected chi connectivity index (χ4v) is 1.92. The fourth-order valence-electron chi connectivity index (χ4n) is 1.44. The standard InChI is InChI=1S/C13H19BrN2O/c1-8-6-12(14)5-4-11(8)7-16-13(17)9(2)10(3)15/h4-6,9-10H,7,15H2,1-3H3,(H,16,17). The van der Waals surface area contributed by atoms with E-state index in [1.165, 1.54) is 0 Å². The van der Waals surface area contributed by atoms with Crippen molar-refractivity contribution in [3.63, 3.8) is 0 Å². The Kier molecular flexibility index (Phi) is 5.15. The molecule has 0 aliphatic rings. The van der Waals surface area contributed by atoms with Gasteiger partial charge >= 0.3 is 0 Å². The van der Waals surface area contributed by atoms with Crippen LogP contribution < -0.4 is 11.1 Å². The van der Waals surface area contributed by atoms with Crippen LogP contribution in [0.25, 0.3) is 0 Å². The number of hydrogen-bond donors (Lipinski definition) is 2. The first-order valence-corrected chi connectivity index (χ1v) is 6.49. The second-order valence-electron chi connectivity index (χ2n) is 4.44.